The quantitative estimate of drug-likeness (QED) is 0.700. The minimum Gasteiger partial charge on any atom is -0.393 e. The Morgan fingerprint density at radius 3 is 2.40 bits per heavy atom. The summed E-state index contributed by atoms with van der Waals surface area (Å²) in [5.74, 6) is 0.888. The third kappa shape index (κ3) is 1.53. The molecule has 2 heteroatoms. The van der Waals surface area contributed by atoms with E-state index in [0.717, 1.165) is 25.7 Å². The lowest BCUT2D eigenvalue weighted by molar-refractivity contribution is -0.148. The number of aliphatic hydroxyl groups excluding tert-OH is 1. The third-order valence-corrected chi connectivity index (χ3v) is 5.05. The fourth-order valence-corrected chi connectivity index (χ4v) is 3.95. The Balaban J connectivity index is 2.29. The molecule has 2 nitrogen and oxygen atoms in total. The molecule has 15 heavy (non-hydrogen) atoms. The molecule has 4 atom stereocenters. The van der Waals surface area contributed by atoms with Crippen molar-refractivity contribution < 1.29 is 10.2 Å². The Bertz CT molecular complexity index is 251. The van der Waals surface area contributed by atoms with Crippen LogP contribution < -0.4 is 0 Å². The molecule has 0 amide bonds. The van der Waals surface area contributed by atoms with Crippen molar-refractivity contribution in [3.8, 4) is 0 Å². The van der Waals surface area contributed by atoms with Gasteiger partial charge in [-0.2, -0.15) is 0 Å². The van der Waals surface area contributed by atoms with Gasteiger partial charge in [-0.05, 0) is 42.9 Å². The van der Waals surface area contributed by atoms with E-state index < -0.39 is 5.60 Å². The van der Waals surface area contributed by atoms with Crippen molar-refractivity contribution in [2.24, 2.45) is 17.3 Å². The molecule has 0 spiro atoms. The molecule has 0 aromatic rings. The minimum absolute atomic E-state index is 0.0567. The predicted molar refractivity (Wildman–Crippen MR) is 60.5 cm³/mol. The Hall–Kier alpha value is -0.0800. The van der Waals surface area contributed by atoms with Gasteiger partial charge in [0.05, 0.1) is 11.7 Å². The van der Waals surface area contributed by atoms with Crippen LogP contribution in [0.2, 0.25) is 0 Å². The third-order valence-electron chi connectivity index (χ3n) is 5.05. The lowest BCUT2D eigenvalue weighted by Gasteiger charge is -2.49. The van der Waals surface area contributed by atoms with Gasteiger partial charge in [-0.3, -0.25) is 0 Å². The predicted octanol–water partition coefficient (Wildman–Crippen LogP) is 2.33. The molecule has 2 saturated carbocycles. The fourth-order valence-electron chi connectivity index (χ4n) is 3.95. The highest BCUT2D eigenvalue weighted by atomic mass is 16.3. The average molecular weight is 212 g/mol. The average Bonchev–Trinajstić information content (AvgIpc) is 2.38. The van der Waals surface area contributed by atoms with E-state index in [0.29, 0.717) is 18.3 Å². The molecule has 0 aromatic heterocycles. The van der Waals surface area contributed by atoms with Crippen molar-refractivity contribution >= 4 is 0 Å². The van der Waals surface area contributed by atoms with E-state index in [1.54, 1.807) is 0 Å². The molecule has 0 unspecified atom stereocenters. The largest absolute Gasteiger partial charge is 0.393 e. The van der Waals surface area contributed by atoms with Crippen molar-refractivity contribution in [1.29, 1.82) is 0 Å². The Labute approximate surface area is 92.7 Å². The number of hydrogen-bond donors (Lipinski definition) is 2. The topological polar surface area (TPSA) is 40.5 Å². The zero-order valence-electron chi connectivity index (χ0n) is 10.2. The first-order valence-electron chi connectivity index (χ1n) is 6.29. The minimum atomic E-state index is -0.612. The molecule has 0 bridgehead atoms. The van der Waals surface area contributed by atoms with Gasteiger partial charge in [0, 0.05) is 6.42 Å². The summed E-state index contributed by atoms with van der Waals surface area (Å²) in [5, 5.41) is 20.7. The molecule has 2 aliphatic carbocycles. The molecule has 0 radical (unpaired) electrons. The Morgan fingerprint density at radius 1 is 1.20 bits per heavy atom. The summed E-state index contributed by atoms with van der Waals surface area (Å²) in [7, 11) is 0. The highest BCUT2D eigenvalue weighted by molar-refractivity contribution is 5.10. The number of fused-ring (bicyclic) bond motifs is 1. The van der Waals surface area contributed by atoms with Crippen LogP contribution in [0.3, 0.4) is 0 Å². The van der Waals surface area contributed by atoms with Crippen LogP contribution >= 0.6 is 0 Å². The zero-order valence-corrected chi connectivity index (χ0v) is 10.2. The van der Waals surface area contributed by atoms with Crippen LogP contribution in [0, 0.1) is 17.3 Å². The first-order valence-corrected chi connectivity index (χ1v) is 6.29. The second kappa shape index (κ2) is 3.46. The van der Waals surface area contributed by atoms with Crippen LogP contribution in [0.15, 0.2) is 0 Å². The van der Waals surface area contributed by atoms with Gasteiger partial charge in [0.1, 0.15) is 0 Å². The summed E-state index contributed by atoms with van der Waals surface area (Å²) in [6.07, 6.45) is 4.39. The summed E-state index contributed by atoms with van der Waals surface area (Å²) in [6.45, 7) is 6.59. The maximum atomic E-state index is 10.9. The second-order valence-electron chi connectivity index (χ2n) is 6.27. The van der Waals surface area contributed by atoms with E-state index >= 15 is 0 Å². The van der Waals surface area contributed by atoms with E-state index in [-0.39, 0.29) is 11.5 Å². The van der Waals surface area contributed by atoms with Crippen molar-refractivity contribution in [3.05, 3.63) is 0 Å². The smallest absolute Gasteiger partial charge is 0.0756 e. The van der Waals surface area contributed by atoms with Crippen LogP contribution in [0.4, 0.5) is 0 Å². The normalized spacial score (nSPS) is 50.8. The molecule has 0 aliphatic heterocycles. The molecular weight excluding hydrogens is 188 g/mol. The van der Waals surface area contributed by atoms with E-state index in [1.165, 1.54) is 0 Å². The summed E-state index contributed by atoms with van der Waals surface area (Å²) in [5.41, 5.74) is -0.556. The number of hydrogen-bond acceptors (Lipinski definition) is 2. The highest BCUT2D eigenvalue weighted by Crippen LogP contribution is 2.59. The molecule has 0 aromatic carbocycles. The summed E-state index contributed by atoms with van der Waals surface area (Å²) in [4.78, 5) is 0. The van der Waals surface area contributed by atoms with E-state index in [2.05, 4.69) is 20.8 Å². The second-order valence-corrected chi connectivity index (χ2v) is 6.27. The standard InChI is InChI=1S/C13H24O2/c1-9(2)11-5-7-12(3)6-4-10(14)8-13(11,12)15/h9-11,14-15H,4-8H2,1-3H3/t10-,11-,12+,13+/m1/s1. The molecule has 0 heterocycles. The number of rotatable bonds is 1. The molecule has 2 rings (SSSR count). The lowest BCUT2D eigenvalue weighted by atomic mass is 9.61. The van der Waals surface area contributed by atoms with Gasteiger partial charge in [-0.25, -0.2) is 0 Å². The van der Waals surface area contributed by atoms with Crippen LogP contribution in [0.25, 0.3) is 0 Å². The van der Waals surface area contributed by atoms with Gasteiger partial charge in [0.2, 0.25) is 0 Å². The van der Waals surface area contributed by atoms with Gasteiger partial charge in [-0.15, -0.1) is 0 Å². The monoisotopic (exact) mass is 212 g/mol. The van der Waals surface area contributed by atoms with Gasteiger partial charge in [-0.1, -0.05) is 20.8 Å². The first-order chi connectivity index (χ1) is 6.89. The van der Waals surface area contributed by atoms with Gasteiger partial charge < -0.3 is 10.2 Å². The van der Waals surface area contributed by atoms with Gasteiger partial charge >= 0.3 is 0 Å². The summed E-state index contributed by atoms with van der Waals surface area (Å²) < 4.78 is 0. The summed E-state index contributed by atoms with van der Waals surface area (Å²) >= 11 is 0. The van der Waals surface area contributed by atoms with E-state index in [9.17, 15) is 10.2 Å². The number of aliphatic hydroxyl groups is 2. The lowest BCUT2D eigenvalue weighted by Crippen LogP contribution is -2.53. The van der Waals surface area contributed by atoms with Crippen molar-refractivity contribution in [2.75, 3.05) is 0 Å². The van der Waals surface area contributed by atoms with Crippen LogP contribution in [0.1, 0.15) is 52.9 Å². The molecule has 2 fully saturated rings. The Morgan fingerprint density at radius 2 is 1.80 bits per heavy atom. The Kier molecular flexibility index (Phi) is 2.63. The van der Waals surface area contributed by atoms with E-state index in [1.807, 2.05) is 0 Å². The zero-order chi connectivity index (χ0) is 11.3. The SMILES string of the molecule is CC(C)[C@H]1CC[C@]2(C)CC[C@@H](O)C[C@]12O. The fraction of sp³-hybridized carbons (Fsp3) is 1.00. The van der Waals surface area contributed by atoms with Crippen LogP contribution in [-0.2, 0) is 0 Å². The molecule has 0 saturated heterocycles. The van der Waals surface area contributed by atoms with Gasteiger partial charge in [0.25, 0.3) is 0 Å². The van der Waals surface area contributed by atoms with Crippen molar-refractivity contribution in [1.82, 2.24) is 0 Å². The maximum absolute atomic E-state index is 10.9. The first kappa shape index (κ1) is 11.4. The van der Waals surface area contributed by atoms with Crippen LogP contribution in [0.5, 0.6) is 0 Å². The van der Waals surface area contributed by atoms with Crippen LogP contribution in [-0.4, -0.2) is 21.9 Å². The highest BCUT2D eigenvalue weighted by Gasteiger charge is 2.59. The molecule has 2 N–H and O–H groups in total. The van der Waals surface area contributed by atoms with Crippen molar-refractivity contribution in [3.63, 3.8) is 0 Å². The maximum Gasteiger partial charge on any atom is 0.0756 e. The molecule has 88 valence electrons. The van der Waals surface area contributed by atoms with Crippen molar-refractivity contribution in [2.45, 2.75) is 64.6 Å². The van der Waals surface area contributed by atoms with Gasteiger partial charge in [0.15, 0.2) is 0 Å². The summed E-state index contributed by atoms with van der Waals surface area (Å²) in [6, 6.07) is 0. The molecular formula is C13H24O2. The molecule has 2 aliphatic rings. The van der Waals surface area contributed by atoms with E-state index in [4.69, 9.17) is 0 Å².